The second kappa shape index (κ2) is 18.2. The number of aromatic nitrogens is 2. The number of benzene rings is 9. The lowest BCUT2D eigenvalue weighted by Gasteiger charge is -2.09. The molecule has 12 rings (SSSR count). The zero-order valence-electron chi connectivity index (χ0n) is 36.7. The van der Waals surface area contributed by atoms with Crippen molar-refractivity contribution >= 4 is 65.4 Å². The number of furan rings is 1. The SMILES string of the molecule is CC.CC.Cc1ccc2ccccc2c1.c1ccc(-n2ccc3cc4c(cc32)c2cc(-c3ccc(Cc5ccc6oc7ccccc7c6c5)cc3)ccc2n4-c2ccccc2)cc1. The number of aryl methyl sites for hydroxylation is 1. The molecule has 0 N–H and O–H groups in total. The fourth-order valence-corrected chi connectivity index (χ4v) is 8.74. The minimum Gasteiger partial charge on any atom is -0.456 e. The summed E-state index contributed by atoms with van der Waals surface area (Å²) in [4.78, 5) is 0. The molecular weight excluding hydrogens is 765 g/mol. The summed E-state index contributed by atoms with van der Waals surface area (Å²) in [6, 6.07) is 73.9. The number of hydrogen-bond acceptors (Lipinski definition) is 1. The molecule has 0 aliphatic heterocycles. The molecule has 0 aliphatic rings. The third-order valence-electron chi connectivity index (χ3n) is 11.7. The molecule has 3 nitrogen and oxygen atoms in total. The average molecular weight is 817 g/mol. The Hall–Kier alpha value is -7.62. The molecule has 0 atom stereocenters. The molecule has 0 amide bonds. The highest BCUT2D eigenvalue weighted by Crippen LogP contribution is 2.38. The predicted molar refractivity (Wildman–Crippen MR) is 271 cm³/mol. The van der Waals surface area contributed by atoms with Gasteiger partial charge in [0.15, 0.2) is 0 Å². The molecule has 308 valence electrons. The smallest absolute Gasteiger partial charge is 0.135 e. The van der Waals surface area contributed by atoms with Crippen LogP contribution in [0.3, 0.4) is 0 Å². The average Bonchev–Trinajstić information content (AvgIpc) is 4.04. The van der Waals surface area contributed by atoms with E-state index in [9.17, 15) is 0 Å². The zero-order chi connectivity index (χ0) is 43.3. The highest BCUT2D eigenvalue weighted by atomic mass is 16.3. The Morgan fingerprint density at radius 3 is 1.79 bits per heavy atom. The molecule has 12 aromatic rings. The molecule has 3 aromatic heterocycles. The van der Waals surface area contributed by atoms with Crippen LogP contribution in [0.5, 0.6) is 0 Å². The van der Waals surface area contributed by atoms with Crippen molar-refractivity contribution in [1.82, 2.24) is 9.13 Å². The summed E-state index contributed by atoms with van der Waals surface area (Å²) >= 11 is 0. The largest absolute Gasteiger partial charge is 0.456 e. The van der Waals surface area contributed by atoms with E-state index in [0.29, 0.717) is 0 Å². The van der Waals surface area contributed by atoms with Gasteiger partial charge in [-0.1, -0.05) is 167 Å². The monoisotopic (exact) mass is 816 g/mol. The van der Waals surface area contributed by atoms with E-state index in [4.69, 9.17) is 4.42 Å². The molecule has 63 heavy (non-hydrogen) atoms. The summed E-state index contributed by atoms with van der Waals surface area (Å²) in [5, 5.41) is 8.71. The van der Waals surface area contributed by atoms with E-state index < -0.39 is 0 Å². The van der Waals surface area contributed by atoms with Crippen molar-refractivity contribution in [3.8, 4) is 22.5 Å². The van der Waals surface area contributed by atoms with Crippen molar-refractivity contribution in [2.24, 2.45) is 0 Å². The Morgan fingerprint density at radius 2 is 1.02 bits per heavy atom. The van der Waals surface area contributed by atoms with Crippen molar-refractivity contribution in [2.45, 2.75) is 41.0 Å². The molecule has 0 aliphatic carbocycles. The van der Waals surface area contributed by atoms with E-state index >= 15 is 0 Å². The van der Waals surface area contributed by atoms with Crippen molar-refractivity contribution in [2.75, 3.05) is 0 Å². The second-order valence-corrected chi connectivity index (χ2v) is 15.5. The van der Waals surface area contributed by atoms with E-state index in [0.717, 1.165) is 29.0 Å². The van der Waals surface area contributed by atoms with Crippen LogP contribution < -0.4 is 0 Å². The lowest BCUT2D eigenvalue weighted by molar-refractivity contribution is 0.669. The minimum absolute atomic E-state index is 0.871. The number of rotatable bonds is 5. The predicted octanol–water partition coefficient (Wildman–Crippen LogP) is 17.1. The van der Waals surface area contributed by atoms with Gasteiger partial charge in [-0.3, -0.25) is 0 Å². The van der Waals surface area contributed by atoms with E-state index in [1.165, 1.54) is 82.1 Å². The Morgan fingerprint density at radius 1 is 0.381 bits per heavy atom. The fraction of sp³-hybridized carbons (Fsp3) is 0.100. The van der Waals surface area contributed by atoms with Crippen LogP contribution in [-0.4, -0.2) is 9.13 Å². The topological polar surface area (TPSA) is 23.0 Å². The third kappa shape index (κ3) is 8.02. The molecular formula is C60H52N2O. The van der Waals surface area contributed by atoms with Crippen LogP contribution in [0.4, 0.5) is 0 Å². The number of nitrogens with zero attached hydrogens (tertiary/aromatic N) is 2. The summed E-state index contributed by atoms with van der Waals surface area (Å²) in [5.74, 6) is 0. The molecule has 0 saturated heterocycles. The maximum absolute atomic E-state index is 6.05. The molecule has 0 unspecified atom stereocenters. The molecule has 0 saturated carbocycles. The third-order valence-corrected chi connectivity index (χ3v) is 11.7. The number of hydrogen-bond donors (Lipinski definition) is 0. The van der Waals surface area contributed by atoms with Crippen molar-refractivity contribution in [1.29, 1.82) is 0 Å². The van der Waals surface area contributed by atoms with Gasteiger partial charge < -0.3 is 13.6 Å². The van der Waals surface area contributed by atoms with Gasteiger partial charge in [0.1, 0.15) is 11.2 Å². The van der Waals surface area contributed by atoms with Crippen LogP contribution in [-0.2, 0) is 6.42 Å². The van der Waals surface area contributed by atoms with Gasteiger partial charge in [0.05, 0.1) is 16.6 Å². The summed E-state index contributed by atoms with van der Waals surface area (Å²) in [6.07, 6.45) is 3.05. The molecule has 9 aromatic carbocycles. The van der Waals surface area contributed by atoms with Gasteiger partial charge in [0.2, 0.25) is 0 Å². The molecule has 3 heteroatoms. The molecule has 0 fully saturated rings. The summed E-state index contributed by atoms with van der Waals surface area (Å²) < 4.78 is 10.7. The molecule has 0 spiro atoms. The van der Waals surface area contributed by atoms with Gasteiger partial charge in [0, 0.05) is 44.5 Å². The van der Waals surface area contributed by atoms with Gasteiger partial charge in [0.25, 0.3) is 0 Å². The molecule has 0 radical (unpaired) electrons. The number of para-hydroxylation sites is 3. The van der Waals surface area contributed by atoms with Crippen molar-refractivity contribution in [3.63, 3.8) is 0 Å². The highest BCUT2D eigenvalue weighted by Gasteiger charge is 2.16. The molecule has 0 bridgehead atoms. The summed E-state index contributed by atoms with van der Waals surface area (Å²) in [7, 11) is 0. The fourth-order valence-electron chi connectivity index (χ4n) is 8.74. The molecule has 3 heterocycles. The van der Waals surface area contributed by atoms with Crippen LogP contribution in [0, 0.1) is 6.92 Å². The van der Waals surface area contributed by atoms with Gasteiger partial charge in [-0.25, -0.2) is 0 Å². The standard InChI is InChI=1S/C45H30N2O.C11H10.2C2H6/c1-3-9-35(10-4-1)46-24-23-34-28-43-39(29-42(34)46)38-27-33(20-21-41(38)47(43)36-11-5-2-6-12-36)32-18-15-30(16-19-32)25-31-17-22-45-40(26-31)37-13-7-8-14-44(37)48-45;1-9-6-7-10-4-2-3-5-11(10)8-9;2*1-2/h1-24,26-29H,25H2;2-8H,1H3;2*1-2H3. The first-order valence-corrected chi connectivity index (χ1v) is 22.3. The van der Waals surface area contributed by atoms with Crippen LogP contribution >= 0.6 is 0 Å². The van der Waals surface area contributed by atoms with Crippen LogP contribution in [0.25, 0.3) is 87.9 Å². The lowest BCUT2D eigenvalue weighted by atomic mass is 9.98. The van der Waals surface area contributed by atoms with E-state index in [-0.39, 0.29) is 0 Å². The van der Waals surface area contributed by atoms with Crippen LogP contribution in [0.1, 0.15) is 44.4 Å². The van der Waals surface area contributed by atoms with Crippen LogP contribution in [0.15, 0.2) is 217 Å². The first-order valence-electron chi connectivity index (χ1n) is 22.3. The Labute approximate surface area is 370 Å². The van der Waals surface area contributed by atoms with Gasteiger partial charge >= 0.3 is 0 Å². The second-order valence-electron chi connectivity index (χ2n) is 15.5. The maximum Gasteiger partial charge on any atom is 0.135 e. The van der Waals surface area contributed by atoms with E-state index in [2.05, 4.69) is 216 Å². The minimum atomic E-state index is 0.871. The van der Waals surface area contributed by atoms with Crippen molar-refractivity contribution in [3.05, 3.63) is 229 Å². The quantitative estimate of drug-likeness (QED) is 0.170. The summed E-state index contributed by atoms with van der Waals surface area (Å²) in [6.45, 7) is 10.1. The summed E-state index contributed by atoms with van der Waals surface area (Å²) in [5.41, 5.74) is 14.1. The first-order chi connectivity index (χ1) is 31.1. The normalized spacial score (nSPS) is 11.0. The van der Waals surface area contributed by atoms with E-state index in [1.807, 2.05) is 39.8 Å². The Kier molecular flexibility index (Phi) is 11.7. The van der Waals surface area contributed by atoms with Gasteiger partial charge in [-0.15, -0.1) is 0 Å². The first kappa shape index (κ1) is 40.8. The maximum atomic E-state index is 6.05. The Bertz CT molecular complexity index is 3460. The number of fused-ring (bicyclic) bond motifs is 8. The van der Waals surface area contributed by atoms with Crippen LogP contribution in [0.2, 0.25) is 0 Å². The highest BCUT2D eigenvalue weighted by molar-refractivity contribution is 6.14. The van der Waals surface area contributed by atoms with Gasteiger partial charge in [-0.2, -0.15) is 0 Å². The Balaban J connectivity index is 0.000000289. The van der Waals surface area contributed by atoms with Crippen molar-refractivity contribution < 1.29 is 4.42 Å². The zero-order valence-corrected chi connectivity index (χ0v) is 36.7. The lowest BCUT2D eigenvalue weighted by Crippen LogP contribution is -1.93. The van der Waals surface area contributed by atoms with Gasteiger partial charge in [-0.05, 0) is 119 Å². The van der Waals surface area contributed by atoms with E-state index in [1.54, 1.807) is 0 Å².